The van der Waals surface area contributed by atoms with Gasteiger partial charge in [0.15, 0.2) is 5.82 Å². The van der Waals surface area contributed by atoms with E-state index in [2.05, 4.69) is 10.3 Å². The number of imidazole rings is 1. The molecular weight excluding hydrogens is 264 g/mol. The minimum Gasteiger partial charge on any atom is -0.475 e. The summed E-state index contributed by atoms with van der Waals surface area (Å²) in [5, 5.41) is 11.3. The molecule has 102 valence electrons. The number of carbonyl (C=O) groups is 3. The van der Waals surface area contributed by atoms with Crippen LogP contribution in [-0.2, 0) is 4.79 Å². The number of nitrogens with one attached hydrogen (secondary N) is 1. The Balaban J connectivity index is 2.14. The molecule has 1 aliphatic rings. The minimum atomic E-state index is -1.19. The fraction of sp³-hybridized carbons (Fsp3) is 0.167. The van der Waals surface area contributed by atoms with Gasteiger partial charge < -0.3 is 5.11 Å². The van der Waals surface area contributed by atoms with Crippen LogP contribution in [0.2, 0.25) is 0 Å². The van der Waals surface area contributed by atoms with Gasteiger partial charge in [0.2, 0.25) is 11.7 Å². The molecule has 2 N–H and O–H groups in total. The first-order valence-electron chi connectivity index (χ1n) is 5.89. The Bertz CT molecular complexity index is 736. The Morgan fingerprint density at radius 3 is 2.85 bits per heavy atom. The molecule has 3 amide bonds. The van der Waals surface area contributed by atoms with Crippen LogP contribution >= 0.6 is 0 Å². The second kappa shape index (κ2) is 4.34. The van der Waals surface area contributed by atoms with Gasteiger partial charge in [0.05, 0.1) is 5.52 Å². The van der Waals surface area contributed by atoms with Crippen molar-refractivity contribution in [1.29, 1.82) is 0 Å². The third-order valence-corrected chi connectivity index (χ3v) is 3.03. The fourth-order valence-corrected chi connectivity index (χ4v) is 2.14. The van der Waals surface area contributed by atoms with Crippen molar-refractivity contribution >= 4 is 29.2 Å². The minimum absolute atomic E-state index is 0.153. The van der Waals surface area contributed by atoms with Crippen LogP contribution in [0.3, 0.4) is 0 Å². The number of hydrogen-bond donors (Lipinski definition) is 2. The van der Waals surface area contributed by atoms with Gasteiger partial charge in [-0.2, -0.15) is 0 Å². The van der Waals surface area contributed by atoms with E-state index in [0.29, 0.717) is 5.52 Å². The number of anilines is 1. The summed E-state index contributed by atoms with van der Waals surface area (Å²) in [6.45, 7) is 0.172. The standard InChI is InChI=1S/C12H10N4O4/c17-8-4-6-16(12(20)13-8)9-7-3-1-2-5-15(7)10(14-9)11(18)19/h1-3,5H,4,6H2,(H,18,19)(H,13,17,20). The molecule has 1 aliphatic heterocycles. The molecule has 0 aromatic carbocycles. The van der Waals surface area contributed by atoms with Crippen LogP contribution in [0, 0.1) is 0 Å². The zero-order valence-corrected chi connectivity index (χ0v) is 10.2. The molecule has 2 aromatic heterocycles. The smallest absolute Gasteiger partial charge is 0.372 e. The number of amides is 3. The van der Waals surface area contributed by atoms with E-state index >= 15 is 0 Å². The lowest BCUT2D eigenvalue weighted by Crippen LogP contribution is -2.49. The van der Waals surface area contributed by atoms with Crippen LogP contribution in [0.25, 0.3) is 5.52 Å². The van der Waals surface area contributed by atoms with Crippen LogP contribution in [0.4, 0.5) is 10.6 Å². The highest BCUT2D eigenvalue weighted by atomic mass is 16.4. The van der Waals surface area contributed by atoms with E-state index in [4.69, 9.17) is 5.11 Å². The van der Waals surface area contributed by atoms with Crippen LogP contribution in [0.5, 0.6) is 0 Å². The van der Waals surface area contributed by atoms with Crippen LogP contribution < -0.4 is 10.2 Å². The van der Waals surface area contributed by atoms with Crippen molar-refractivity contribution in [2.24, 2.45) is 0 Å². The van der Waals surface area contributed by atoms with Crippen LogP contribution in [0.1, 0.15) is 17.0 Å². The number of urea groups is 1. The van der Waals surface area contributed by atoms with Gasteiger partial charge in [-0.25, -0.2) is 14.6 Å². The Morgan fingerprint density at radius 1 is 1.35 bits per heavy atom. The summed E-state index contributed by atoms with van der Waals surface area (Å²) < 4.78 is 1.39. The molecule has 0 bridgehead atoms. The SMILES string of the molecule is O=C1CCN(c2nc(C(=O)O)n3ccccc23)C(=O)N1. The first kappa shape index (κ1) is 12.2. The first-order chi connectivity index (χ1) is 9.58. The van der Waals surface area contributed by atoms with Crippen molar-refractivity contribution in [2.75, 3.05) is 11.4 Å². The number of fused-ring (bicyclic) bond motifs is 1. The average Bonchev–Trinajstić information content (AvgIpc) is 2.78. The Morgan fingerprint density at radius 2 is 2.15 bits per heavy atom. The van der Waals surface area contributed by atoms with Gasteiger partial charge in [-0.1, -0.05) is 6.07 Å². The van der Waals surface area contributed by atoms with Crippen LogP contribution in [-0.4, -0.2) is 38.9 Å². The molecule has 8 nitrogen and oxygen atoms in total. The lowest BCUT2D eigenvalue weighted by Gasteiger charge is -2.24. The number of nitrogens with zero attached hydrogens (tertiary/aromatic N) is 3. The molecule has 1 fully saturated rings. The number of hydrogen-bond acceptors (Lipinski definition) is 4. The van der Waals surface area contributed by atoms with Crippen molar-refractivity contribution in [3.63, 3.8) is 0 Å². The van der Waals surface area contributed by atoms with Crippen molar-refractivity contribution in [3.05, 3.63) is 30.2 Å². The number of rotatable bonds is 2. The molecule has 0 saturated carbocycles. The molecule has 20 heavy (non-hydrogen) atoms. The quantitative estimate of drug-likeness (QED) is 0.828. The maximum atomic E-state index is 11.8. The van der Waals surface area contributed by atoms with Gasteiger partial charge in [0.25, 0.3) is 0 Å². The molecule has 3 rings (SSSR count). The second-order valence-electron chi connectivity index (χ2n) is 4.28. The zero-order chi connectivity index (χ0) is 14.3. The number of imide groups is 1. The summed E-state index contributed by atoms with van der Waals surface area (Å²) in [6, 6.07) is 4.46. The first-order valence-corrected chi connectivity index (χ1v) is 5.89. The molecule has 1 saturated heterocycles. The zero-order valence-electron chi connectivity index (χ0n) is 10.2. The summed E-state index contributed by atoms with van der Waals surface area (Å²) in [4.78, 5) is 39.4. The molecule has 0 radical (unpaired) electrons. The summed E-state index contributed by atoms with van der Waals surface area (Å²) in [5.74, 6) is -1.49. The van der Waals surface area contributed by atoms with Crippen molar-refractivity contribution in [3.8, 4) is 0 Å². The maximum Gasteiger partial charge on any atom is 0.372 e. The maximum absolute atomic E-state index is 11.8. The highest BCUT2D eigenvalue weighted by Crippen LogP contribution is 2.23. The summed E-state index contributed by atoms with van der Waals surface area (Å²) in [5.41, 5.74) is 0.495. The van der Waals surface area contributed by atoms with E-state index in [1.54, 1.807) is 24.4 Å². The highest BCUT2D eigenvalue weighted by molar-refractivity contribution is 6.07. The number of aromatic nitrogens is 2. The molecule has 0 aliphatic carbocycles. The van der Waals surface area contributed by atoms with Gasteiger partial charge in [-0.3, -0.25) is 19.4 Å². The fourth-order valence-electron chi connectivity index (χ4n) is 2.14. The lowest BCUT2D eigenvalue weighted by molar-refractivity contribution is -0.120. The number of aromatic carboxylic acids is 1. The van der Waals surface area contributed by atoms with E-state index in [-0.39, 0.29) is 30.5 Å². The van der Waals surface area contributed by atoms with Crippen molar-refractivity contribution < 1.29 is 19.5 Å². The molecular formula is C12H10N4O4. The van der Waals surface area contributed by atoms with Gasteiger partial charge in [0, 0.05) is 19.2 Å². The monoisotopic (exact) mass is 274 g/mol. The van der Waals surface area contributed by atoms with Crippen molar-refractivity contribution in [2.45, 2.75) is 6.42 Å². The van der Waals surface area contributed by atoms with E-state index in [9.17, 15) is 14.4 Å². The number of pyridine rings is 1. The van der Waals surface area contributed by atoms with Crippen LogP contribution in [0.15, 0.2) is 24.4 Å². The second-order valence-corrected chi connectivity index (χ2v) is 4.28. The topological polar surface area (TPSA) is 104 Å². The predicted molar refractivity (Wildman–Crippen MR) is 67.7 cm³/mol. The number of carboxylic acids is 1. The third kappa shape index (κ3) is 1.78. The summed E-state index contributed by atoms with van der Waals surface area (Å²) >= 11 is 0. The van der Waals surface area contributed by atoms with Gasteiger partial charge in [-0.05, 0) is 12.1 Å². The lowest BCUT2D eigenvalue weighted by atomic mass is 10.3. The number of carbonyl (C=O) groups excluding carboxylic acids is 2. The van der Waals surface area contributed by atoms with E-state index in [1.807, 2.05) is 0 Å². The third-order valence-electron chi connectivity index (χ3n) is 3.03. The van der Waals surface area contributed by atoms with Crippen molar-refractivity contribution in [1.82, 2.24) is 14.7 Å². The van der Waals surface area contributed by atoms with Gasteiger partial charge in [-0.15, -0.1) is 0 Å². The molecule has 3 heterocycles. The molecule has 0 unspecified atom stereocenters. The molecule has 8 heteroatoms. The average molecular weight is 274 g/mol. The summed E-state index contributed by atoms with van der Waals surface area (Å²) in [7, 11) is 0. The highest BCUT2D eigenvalue weighted by Gasteiger charge is 2.29. The van der Waals surface area contributed by atoms with Gasteiger partial charge >= 0.3 is 12.0 Å². The molecule has 2 aromatic rings. The van der Waals surface area contributed by atoms with E-state index in [0.717, 1.165) is 0 Å². The van der Waals surface area contributed by atoms with Gasteiger partial charge in [0.1, 0.15) is 0 Å². The van der Waals surface area contributed by atoms with E-state index < -0.39 is 12.0 Å². The number of carboxylic acid groups (broad SMARTS) is 1. The largest absolute Gasteiger partial charge is 0.475 e. The Kier molecular flexibility index (Phi) is 2.63. The van der Waals surface area contributed by atoms with E-state index in [1.165, 1.54) is 9.30 Å². The molecule has 0 spiro atoms. The summed E-state index contributed by atoms with van der Waals surface area (Å²) in [6.07, 6.45) is 1.71. The normalized spacial score (nSPS) is 15.5. The molecule has 0 atom stereocenters. The Labute approximate surface area is 112 Å². The Hall–Kier alpha value is -2.90. The predicted octanol–water partition coefficient (Wildman–Crippen LogP) is 0.479.